The minimum absolute atomic E-state index is 0.0369. The largest absolute Gasteiger partial charge is 0.481 e. The van der Waals surface area contributed by atoms with E-state index in [1.165, 1.54) is 17.4 Å². The number of halogens is 1. The zero-order chi connectivity index (χ0) is 17.0. The highest BCUT2D eigenvalue weighted by Gasteiger charge is 2.23. The molecule has 23 heavy (non-hydrogen) atoms. The first-order chi connectivity index (χ1) is 10.8. The van der Waals surface area contributed by atoms with E-state index in [4.69, 9.17) is 5.11 Å². The number of hydrogen-bond acceptors (Lipinski definition) is 4. The highest BCUT2D eigenvalue weighted by molar-refractivity contribution is 7.13. The Bertz CT molecular complexity index is 728. The number of nitrogens with one attached hydrogen (secondary N) is 1. The average Bonchev–Trinajstić information content (AvgIpc) is 2.95. The molecule has 1 heterocycles. The summed E-state index contributed by atoms with van der Waals surface area (Å²) in [5.41, 5.74) is -0.129. The monoisotopic (exact) mass is 336 g/mol. The van der Waals surface area contributed by atoms with E-state index in [9.17, 15) is 14.0 Å². The van der Waals surface area contributed by atoms with Crippen LogP contribution in [0, 0.1) is 5.82 Å². The number of amides is 1. The van der Waals surface area contributed by atoms with Crippen molar-refractivity contribution in [3.8, 4) is 10.6 Å². The number of carbonyl (C=O) groups is 2. The molecular weight excluding hydrogens is 319 g/mol. The lowest BCUT2D eigenvalue weighted by Gasteiger charge is -2.25. The van der Waals surface area contributed by atoms with E-state index < -0.39 is 23.2 Å². The molecule has 0 spiro atoms. The van der Waals surface area contributed by atoms with E-state index in [0.29, 0.717) is 17.0 Å². The van der Waals surface area contributed by atoms with Gasteiger partial charge in [0.1, 0.15) is 16.5 Å². The van der Waals surface area contributed by atoms with Gasteiger partial charge in [-0.05, 0) is 32.4 Å². The van der Waals surface area contributed by atoms with Crippen LogP contribution in [0.5, 0.6) is 0 Å². The molecule has 0 aliphatic heterocycles. The molecule has 0 bridgehead atoms. The van der Waals surface area contributed by atoms with Crippen LogP contribution in [0.25, 0.3) is 10.6 Å². The van der Waals surface area contributed by atoms with Crippen molar-refractivity contribution in [2.24, 2.45) is 0 Å². The molecule has 0 aliphatic rings. The fourth-order valence-corrected chi connectivity index (χ4v) is 2.82. The minimum Gasteiger partial charge on any atom is -0.481 e. The molecule has 122 valence electrons. The van der Waals surface area contributed by atoms with E-state index >= 15 is 0 Å². The smallest absolute Gasteiger partial charge is 0.303 e. The molecule has 0 radical (unpaired) electrons. The first-order valence-electron chi connectivity index (χ1n) is 7.03. The highest BCUT2D eigenvalue weighted by Crippen LogP contribution is 2.26. The summed E-state index contributed by atoms with van der Waals surface area (Å²) in [5.74, 6) is -1.71. The van der Waals surface area contributed by atoms with Crippen LogP contribution in [0.1, 0.15) is 37.2 Å². The lowest BCUT2D eigenvalue weighted by molar-refractivity contribution is -0.137. The number of aliphatic carboxylic acids is 1. The van der Waals surface area contributed by atoms with Gasteiger partial charge in [-0.3, -0.25) is 9.59 Å². The Morgan fingerprint density at radius 3 is 2.70 bits per heavy atom. The Morgan fingerprint density at radius 2 is 2.04 bits per heavy atom. The maximum atomic E-state index is 13.7. The van der Waals surface area contributed by atoms with Crippen molar-refractivity contribution < 1.29 is 19.1 Å². The van der Waals surface area contributed by atoms with Crippen LogP contribution in [-0.4, -0.2) is 27.5 Å². The summed E-state index contributed by atoms with van der Waals surface area (Å²) in [6.07, 6.45) is 0.267. The molecule has 0 fully saturated rings. The number of hydrogen-bond donors (Lipinski definition) is 2. The van der Waals surface area contributed by atoms with Crippen molar-refractivity contribution >= 4 is 23.2 Å². The van der Waals surface area contributed by atoms with Crippen LogP contribution in [-0.2, 0) is 4.79 Å². The van der Waals surface area contributed by atoms with Crippen molar-refractivity contribution in [3.63, 3.8) is 0 Å². The number of carbonyl (C=O) groups excluding carboxylic acids is 1. The molecule has 0 aliphatic carbocycles. The first kappa shape index (κ1) is 17.1. The molecule has 5 nitrogen and oxygen atoms in total. The molecule has 0 saturated heterocycles. The normalized spacial score (nSPS) is 11.3. The van der Waals surface area contributed by atoms with Gasteiger partial charge in [0.25, 0.3) is 5.91 Å². The summed E-state index contributed by atoms with van der Waals surface area (Å²) in [5, 5.41) is 13.5. The number of aromatic nitrogens is 1. The van der Waals surface area contributed by atoms with Gasteiger partial charge < -0.3 is 10.4 Å². The molecule has 1 amide bonds. The van der Waals surface area contributed by atoms with Crippen LogP contribution < -0.4 is 5.32 Å². The third-order valence-electron chi connectivity index (χ3n) is 3.26. The summed E-state index contributed by atoms with van der Waals surface area (Å²) < 4.78 is 13.7. The number of benzene rings is 1. The summed E-state index contributed by atoms with van der Waals surface area (Å²) in [4.78, 5) is 27.0. The first-order valence-corrected chi connectivity index (χ1v) is 7.91. The molecule has 0 saturated carbocycles. The maximum Gasteiger partial charge on any atom is 0.303 e. The van der Waals surface area contributed by atoms with Crippen LogP contribution in [0.4, 0.5) is 4.39 Å². The van der Waals surface area contributed by atoms with Gasteiger partial charge in [-0.2, -0.15) is 0 Å². The molecule has 2 rings (SSSR count). The Hall–Kier alpha value is -2.28. The fraction of sp³-hybridized carbons (Fsp3) is 0.312. The Kier molecular flexibility index (Phi) is 5.10. The van der Waals surface area contributed by atoms with Gasteiger partial charge in [0.2, 0.25) is 0 Å². The van der Waals surface area contributed by atoms with Gasteiger partial charge in [0.15, 0.2) is 0 Å². The summed E-state index contributed by atoms with van der Waals surface area (Å²) in [7, 11) is 0. The van der Waals surface area contributed by atoms with Gasteiger partial charge in [-0.1, -0.05) is 12.1 Å². The summed E-state index contributed by atoms with van der Waals surface area (Å²) in [6, 6.07) is 6.23. The average molecular weight is 336 g/mol. The predicted molar refractivity (Wildman–Crippen MR) is 85.9 cm³/mol. The second-order valence-electron chi connectivity index (χ2n) is 5.75. The molecule has 1 aromatic carbocycles. The molecule has 2 aromatic rings. The van der Waals surface area contributed by atoms with Crippen LogP contribution >= 0.6 is 11.3 Å². The number of nitrogens with zero attached hydrogens (tertiary/aromatic N) is 1. The maximum absolute atomic E-state index is 13.7. The number of rotatable bonds is 6. The third kappa shape index (κ3) is 4.59. The van der Waals surface area contributed by atoms with E-state index in [1.807, 2.05) is 0 Å². The molecule has 0 atom stereocenters. The topological polar surface area (TPSA) is 79.3 Å². The van der Waals surface area contributed by atoms with Crippen molar-refractivity contribution in [1.29, 1.82) is 0 Å². The highest BCUT2D eigenvalue weighted by atomic mass is 32.1. The van der Waals surface area contributed by atoms with Crippen LogP contribution in [0.2, 0.25) is 0 Å². The Labute approximate surface area is 137 Å². The zero-order valence-electron chi connectivity index (χ0n) is 12.8. The number of carboxylic acids is 1. The lowest BCUT2D eigenvalue weighted by atomic mass is 9.98. The number of thiazole rings is 1. The van der Waals surface area contributed by atoms with Crippen molar-refractivity contribution in [1.82, 2.24) is 10.3 Å². The Morgan fingerprint density at radius 1 is 1.35 bits per heavy atom. The minimum atomic E-state index is -0.914. The second kappa shape index (κ2) is 6.87. The van der Waals surface area contributed by atoms with E-state index in [1.54, 1.807) is 37.4 Å². The number of carboxylic acid groups (broad SMARTS) is 1. The van der Waals surface area contributed by atoms with E-state index in [2.05, 4.69) is 10.3 Å². The van der Waals surface area contributed by atoms with Crippen molar-refractivity contribution in [2.75, 3.05) is 0 Å². The van der Waals surface area contributed by atoms with E-state index in [-0.39, 0.29) is 12.1 Å². The molecular formula is C16H17FN2O3S. The quantitative estimate of drug-likeness (QED) is 0.848. The summed E-state index contributed by atoms with van der Waals surface area (Å²) >= 11 is 1.18. The second-order valence-corrected chi connectivity index (χ2v) is 6.61. The van der Waals surface area contributed by atoms with E-state index in [0.717, 1.165) is 0 Å². The third-order valence-corrected chi connectivity index (χ3v) is 4.13. The summed E-state index contributed by atoms with van der Waals surface area (Å²) in [6.45, 7) is 3.50. The Balaban J connectivity index is 2.10. The predicted octanol–water partition coefficient (Wildman–Crippen LogP) is 3.32. The van der Waals surface area contributed by atoms with Gasteiger partial charge >= 0.3 is 5.97 Å². The molecule has 7 heteroatoms. The van der Waals surface area contributed by atoms with Gasteiger partial charge in [-0.25, -0.2) is 9.37 Å². The lowest BCUT2D eigenvalue weighted by Crippen LogP contribution is -2.43. The van der Waals surface area contributed by atoms with Crippen molar-refractivity contribution in [3.05, 3.63) is 41.2 Å². The van der Waals surface area contributed by atoms with Gasteiger partial charge in [-0.15, -0.1) is 11.3 Å². The SMILES string of the molecule is CC(C)(CCC(=O)O)NC(=O)c1csc(-c2ccccc2F)n1. The molecule has 0 unspecified atom stereocenters. The standard InChI is InChI=1S/C16H17FN2O3S/c1-16(2,8-7-13(20)21)19-14(22)12-9-23-15(18-12)10-5-3-4-6-11(10)17/h3-6,9H,7-8H2,1-2H3,(H,19,22)(H,20,21). The van der Waals surface area contributed by atoms with Crippen molar-refractivity contribution in [2.45, 2.75) is 32.2 Å². The zero-order valence-corrected chi connectivity index (χ0v) is 13.6. The molecule has 2 N–H and O–H groups in total. The molecule has 1 aromatic heterocycles. The van der Waals surface area contributed by atoms with Gasteiger partial charge in [0.05, 0.1) is 0 Å². The van der Waals surface area contributed by atoms with Gasteiger partial charge in [0, 0.05) is 22.9 Å². The van der Waals surface area contributed by atoms with Crippen LogP contribution in [0.3, 0.4) is 0 Å². The van der Waals surface area contributed by atoms with Crippen LogP contribution in [0.15, 0.2) is 29.6 Å². The fourth-order valence-electron chi connectivity index (χ4n) is 1.99.